The summed E-state index contributed by atoms with van der Waals surface area (Å²) in [5.41, 5.74) is 14.6. The van der Waals surface area contributed by atoms with Crippen molar-refractivity contribution in [3.63, 3.8) is 0 Å². The van der Waals surface area contributed by atoms with E-state index in [1.165, 1.54) is 54.7 Å². The molecule has 40 heteroatoms. The maximum absolute atomic E-state index is 14.0. The van der Waals surface area contributed by atoms with Crippen LogP contribution in [-0.4, -0.2) is 170 Å². The lowest BCUT2D eigenvalue weighted by Gasteiger charge is -2.09. The second-order valence-electron chi connectivity index (χ2n) is 32.2. The molecular weight excluding hydrogens is 1930 g/mol. The number of benzene rings is 6. The maximum atomic E-state index is 14.0. The zero-order chi connectivity index (χ0) is 102. The van der Waals surface area contributed by atoms with Crippen molar-refractivity contribution >= 4 is 168 Å². The molecule has 27 nitrogen and oxygen atoms in total. The molecular formula is C104H76B5BrClF6N17O10. The number of aryl methyl sites for hydroxylation is 4. The van der Waals surface area contributed by atoms with Crippen LogP contribution in [0.3, 0.4) is 0 Å². The molecule has 0 saturated heterocycles. The predicted molar refractivity (Wildman–Crippen MR) is 550 cm³/mol. The lowest BCUT2D eigenvalue weighted by molar-refractivity contribution is 0.425. The molecule has 0 atom stereocenters. The summed E-state index contributed by atoms with van der Waals surface area (Å²) >= 11 is 9.64. The molecule has 0 spiro atoms. The van der Waals surface area contributed by atoms with Gasteiger partial charge < -0.3 is 50.2 Å². The molecule has 0 aliphatic carbocycles. The van der Waals surface area contributed by atoms with E-state index >= 15 is 0 Å². The van der Waals surface area contributed by atoms with Gasteiger partial charge in [0.2, 0.25) is 0 Å². The van der Waals surface area contributed by atoms with E-state index in [-0.39, 0.29) is 44.6 Å². The second-order valence-corrected chi connectivity index (χ2v) is 33.5. The Morgan fingerprint density at radius 1 is 0.278 bits per heavy atom. The quantitative estimate of drug-likeness (QED) is 0.0378. The first-order valence-corrected chi connectivity index (χ1v) is 45.1. The maximum Gasteiger partial charge on any atom is 0.489 e. The molecule has 22 rings (SSSR count). The van der Waals surface area contributed by atoms with Gasteiger partial charge in [0.05, 0.1) is 44.9 Å². The molecule has 0 radical (unpaired) electrons. The van der Waals surface area contributed by atoms with Crippen molar-refractivity contribution in [1.82, 2.24) is 84.5 Å². The van der Waals surface area contributed by atoms with Crippen LogP contribution in [0.4, 0.5) is 26.3 Å². The van der Waals surface area contributed by atoms with Crippen LogP contribution < -0.4 is 27.3 Å². The molecule has 708 valence electrons. The van der Waals surface area contributed by atoms with Crippen molar-refractivity contribution in [2.45, 2.75) is 27.7 Å². The van der Waals surface area contributed by atoms with Crippen molar-refractivity contribution in [2.24, 2.45) is 0 Å². The normalized spacial score (nSPS) is 10.8. The highest BCUT2D eigenvalue weighted by molar-refractivity contribution is 9.10. The van der Waals surface area contributed by atoms with Gasteiger partial charge in [-0.05, 0) is 258 Å². The monoisotopic (exact) mass is 2010 g/mol. The molecule has 0 amide bonds. The Morgan fingerprint density at radius 2 is 0.618 bits per heavy atom. The summed E-state index contributed by atoms with van der Waals surface area (Å²) in [6.07, 6.45) is 16.7. The van der Waals surface area contributed by atoms with Crippen LogP contribution in [0.2, 0.25) is 5.02 Å². The highest BCUT2D eigenvalue weighted by Crippen LogP contribution is 2.34. The van der Waals surface area contributed by atoms with Gasteiger partial charge in [-0.25, -0.2) is 101 Å². The first-order valence-electron chi connectivity index (χ1n) is 43.9. The van der Waals surface area contributed by atoms with Crippen LogP contribution in [-0.2, 0) is 0 Å². The molecule has 0 fully saturated rings. The van der Waals surface area contributed by atoms with Crippen molar-refractivity contribution in [2.75, 3.05) is 0 Å². The van der Waals surface area contributed by atoms with Gasteiger partial charge in [-0.15, -0.1) is 0 Å². The van der Waals surface area contributed by atoms with Gasteiger partial charge in [0.1, 0.15) is 34.9 Å². The predicted octanol–water partition coefficient (Wildman–Crippen LogP) is 14.5. The van der Waals surface area contributed by atoms with Crippen molar-refractivity contribution in [1.29, 1.82) is 0 Å². The Morgan fingerprint density at radius 3 is 1.01 bits per heavy atom. The van der Waals surface area contributed by atoms with Crippen LogP contribution >= 0.6 is 27.5 Å². The first-order chi connectivity index (χ1) is 69.4. The number of fused-ring (bicyclic) bond motifs is 7. The van der Waals surface area contributed by atoms with Crippen LogP contribution in [0, 0.1) is 62.6 Å². The number of hydrogen-bond donors (Lipinski definition) is 10. The molecule has 0 saturated carbocycles. The zero-order valence-electron chi connectivity index (χ0n) is 76.2. The van der Waals surface area contributed by atoms with Crippen molar-refractivity contribution in [3.8, 4) is 84.5 Å². The van der Waals surface area contributed by atoms with Crippen molar-refractivity contribution < 1.29 is 76.6 Å². The van der Waals surface area contributed by atoms with Gasteiger partial charge in [0.25, 0.3) is 0 Å². The Kier molecular flexibility index (Phi) is 32.0. The third-order valence-electron chi connectivity index (χ3n) is 22.2. The summed E-state index contributed by atoms with van der Waals surface area (Å²) in [5.74, 6) is -2.11. The highest BCUT2D eigenvalue weighted by atomic mass is 79.9. The lowest BCUT2D eigenvalue weighted by atomic mass is 9.78. The molecule has 22 aromatic rings. The Hall–Kier alpha value is -16.1. The van der Waals surface area contributed by atoms with E-state index in [0.717, 1.165) is 78.3 Å². The van der Waals surface area contributed by atoms with E-state index < -0.39 is 64.7 Å². The van der Waals surface area contributed by atoms with E-state index in [9.17, 15) is 76.6 Å². The SMILES string of the molecule is Cc1ccc(F)c(-c2cc(B(O)O)c3cccnc3n2)c1.Cc1ccc(F)c(-c2cc(B(O)O)c3cccnc3n2)c1.Cc1cccc(-c2cc(B(O)O)c3cccnc3n2)c1.Cc1ccn(-c2cc(-c3cncc(Br)c3)c3cccnc3n2)n1.Fc1ccccc1-c1cc(Cl)c2cccnc2n1.OB(O)c1cc(-c2cc(F)ccc2F)nc2ncccc12.OB(O)c1cc(-c2ccccc2F)nc2ncccc12. The van der Waals surface area contributed by atoms with Gasteiger partial charge in [-0.3, -0.25) is 4.98 Å². The minimum atomic E-state index is -1.77. The molecule has 0 unspecified atom stereocenters. The van der Waals surface area contributed by atoms with Gasteiger partial charge in [0, 0.05) is 143 Å². The van der Waals surface area contributed by atoms with E-state index in [0.29, 0.717) is 122 Å². The molecule has 16 heterocycles. The highest BCUT2D eigenvalue weighted by Gasteiger charge is 2.26. The van der Waals surface area contributed by atoms with Crippen LogP contribution in [0.5, 0.6) is 0 Å². The summed E-state index contributed by atoms with van der Waals surface area (Å²) in [5, 5.41) is 104. The molecule has 0 aliphatic heterocycles. The number of rotatable bonds is 13. The summed E-state index contributed by atoms with van der Waals surface area (Å²) in [7, 11) is -8.34. The number of halogens is 8. The number of nitrogens with zero attached hydrogens (tertiary/aromatic N) is 17. The van der Waals surface area contributed by atoms with E-state index in [1.54, 1.807) is 188 Å². The molecule has 16 aromatic heterocycles. The van der Waals surface area contributed by atoms with Gasteiger partial charge in [0.15, 0.2) is 45.3 Å². The number of pyridine rings is 15. The zero-order valence-corrected chi connectivity index (χ0v) is 78.5. The topological polar surface area (TPSA) is 413 Å². The first kappa shape index (κ1) is 101. The van der Waals surface area contributed by atoms with Gasteiger partial charge in [-0.2, -0.15) is 5.10 Å². The van der Waals surface area contributed by atoms with Gasteiger partial charge >= 0.3 is 35.6 Å². The fraction of sp³-hybridized carbons (Fsp3) is 0.0385. The fourth-order valence-electron chi connectivity index (χ4n) is 15.3. The smallest absolute Gasteiger partial charge is 0.423 e. The van der Waals surface area contributed by atoms with Crippen LogP contribution in [0.15, 0.2) is 333 Å². The number of hydrogen-bond acceptors (Lipinski definition) is 26. The van der Waals surface area contributed by atoms with E-state index in [1.807, 2.05) is 101 Å². The third-order valence-corrected chi connectivity index (χ3v) is 22.9. The average molecular weight is 2010 g/mol. The third kappa shape index (κ3) is 23.9. The van der Waals surface area contributed by atoms with Gasteiger partial charge in [-0.1, -0.05) is 113 Å². The lowest BCUT2D eigenvalue weighted by Crippen LogP contribution is -2.31. The van der Waals surface area contributed by atoms with E-state index in [2.05, 4.69) is 95.8 Å². The van der Waals surface area contributed by atoms with Crippen LogP contribution in [0.1, 0.15) is 22.4 Å². The molecule has 6 aromatic carbocycles. The minimum absolute atomic E-state index is 0.0653. The average Bonchev–Trinajstić information content (AvgIpc) is 1.38. The molecule has 144 heavy (non-hydrogen) atoms. The van der Waals surface area contributed by atoms with Crippen LogP contribution in [0.25, 0.3) is 162 Å². The fourth-order valence-corrected chi connectivity index (χ4v) is 16.0. The minimum Gasteiger partial charge on any atom is -0.423 e. The largest absolute Gasteiger partial charge is 0.489 e. The summed E-state index contributed by atoms with van der Waals surface area (Å²) < 4.78 is 85.4. The number of aromatic nitrogens is 17. The second kappa shape index (κ2) is 45.6. The Labute approximate surface area is 831 Å². The summed E-state index contributed by atoms with van der Waals surface area (Å²) in [6.45, 7) is 7.66. The standard InChI is InChI=1S/C17H12BrN5.2C15H12BFN2O2.C15H13BN2O2.C14H9BF2N2O2.C14H10BFN2O2.C14H8ClFN2/c1-11-4-6-23(22-11)16-8-15(12-7-13(18)10-19-9-12)14-3-2-5-20-17(14)21-16;2*1-9-4-5-13(17)11(7-9)14-8-12(16(20)21)10-3-2-6-18-15(10)19-14;1-10-4-2-5-11(8-10)14-9-13(16(19)20)12-6-3-7-17-15(12)18-14;16-8-3-4-12(17)10(6-8)13-7-11(15(20)21)9-2-1-5-18-14(9)19-13;16-12-6-2-1-4-10(12)13-8-11(15(19)20)9-5-3-7-17-14(9)18-13;15-11-8-13(10-4-1-2-6-12(10)16)18-14-9(11)5-3-7-17-14/h2-10H,1H3;2*2-8,20-21H,1H3;2-9,19-20H,1H3;1-7,20-21H;1-8,19-20H;1-8H. The molecule has 0 bridgehead atoms. The van der Waals surface area contributed by atoms with Crippen molar-refractivity contribution in [3.05, 3.63) is 396 Å². The Balaban J connectivity index is 0.000000121. The summed E-state index contributed by atoms with van der Waals surface area (Å²) in [6, 6.07) is 72.5. The Bertz CT molecular complexity index is 8180. The summed E-state index contributed by atoms with van der Waals surface area (Å²) in [4.78, 5) is 63.8. The van der Waals surface area contributed by atoms with E-state index in [4.69, 9.17) is 11.6 Å². The molecule has 0 aliphatic rings. The molecule has 10 N–H and O–H groups in total.